The number of fused-ring (bicyclic) bond motifs is 6. The quantitative estimate of drug-likeness (QED) is 0.153. The summed E-state index contributed by atoms with van der Waals surface area (Å²) in [6.07, 6.45) is 0. The zero-order valence-corrected chi connectivity index (χ0v) is 30.8. The maximum atomic E-state index is 6.19. The molecule has 5 heteroatoms. The Kier molecular flexibility index (Phi) is 7.64. The second-order valence-electron chi connectivity index (χ2n) is 14.4. The molecule has 8 aromatic carbocycles. The van der Waals surface area contributed by atoms with Crippen molar-refractivity contribution in [2.75, 3.05) is 0 Å². The summed E-state index contributed by atoms with van der Waals surface area (Å²) in [5, 5.41) is 4.37. The van der Waals surface area contributed by atoms with Crippen LogP contribution in [0.4, 0.5) is 0 Å². The molecular weight excluding hydrogens is 697 g/mol. The first-order valence-corrected chi connectivity index (χ1v) is 19.2. The van der Waals surface area contributed by atoms with Crippen molar-refractivity contribution >= 4 is 43.7 Å². The molecule has 0 aliphatic heterocycles. The third-order valence-corrected chi connectivity index (χ3v) is 11.2. The largest absolute Gasteiger partial charge is 0.456 e. The van der Waals surface area contributed by atoms with Gasteiger partial charge in [-0.05, 0) is 58.7 Å². The number of benzene rings is 8. The Morgan fingerprint density at radius 3 is 1.37 bits per heavy atom. The van der Waals surface area contributed by atoms with Gasteiger partial charge in [0.15, 0.2) is 11.6 Å². The number of rotatable bonds is 7. The summed E-state index contributed by atoms with van der Waals surface area (Å²) < 4.78 is 8.35. The zero-order valence-electron chi connectivity index (χ0n) is 30.8. The van der Waals surface area contributed by atoms with Crippen LogP contribution in [0.2, 0.25) is 0 Å². The lowest BCUT2D eigenvalue weighted by molar-refractivity contribution is 0.669. The van der Waals surface area contributed by atoms with Crippen molar-refractivity contribution in [1.82, 2.24) is 19.5 Å². The van der Waals surface area contributed by atoms with Gasteiger partial charge >= 0.3 is 0 Å². The highest BCUT2D eigenvalue weighted by molar-refractivity contribution is 6.09. The third-order valence-electron chi connectivity index (χ3n) is 11.2. The second-order valence-corrected chi connectivity index (χ2v) is 14.4. The third kappa shape index (κ3) is 5.28. The molecule has 0 bridgehead atoms. The Morgan fingerprint density at radius 2 is 0.789 bits per heavy atom. The molecule has 0 aliphatic rings. The van der Waals surface area contributed by atoms with Crippen LogP contribution in [0.15, 0.2) is 211 Å². The molecule has 0 N–H and O–H groups in total. The molecule has 3 aromatic heterocycles. The Hall–Kier alpha value is -7.63. The van der Waals surface area contributed by atoms with Crippen LogP contribution >= 0.6 is 0 Å². The second kappa shape index (κ2) is 13.3. The molecule has 0 unspecified atom stereocenters. The van der Waals surface area contributed by atoms with E-state index in [1.807, 2.05) is 30.3 Å². The lowest BCUT2D eigenvalue weighted by Gasteiger charge is -2.37. The van der Waals surface area contributed by atoms with Gasteiger partial charge in [0.25, 0.3) is 0 Å². The van der Waals surface area contributed by atoms with Crippen LogP contribution in [0.5, 0.6) is 0 Å². The van der Waals surface area contributed by atoms with Crippen molar-refractivity contribution in [2.45, 2.75) is 5.41 Å². The number of para-hydroxylation sites is 3. The predicted octanol–water partition coefficient (Wildman–Crippen LogP) is 12.6. The van der Waals surface area contributed by atoms with Crippen molar-refractivity contribution in [2.24, 2.45) is 0 Å². The van der Waals surface area contributed by atoms with Gasteiger partial charge in [0.2, 0.25) is 5.95 Å². The smallest absolute Gasteiger partial charge is 0.238 e. The van der Waals surface area contributed by atoms with E-state index in [-0.39, 0.29) is 0 Å². The van der Waals surface area contributed by atoms with Gasteiger partial charge in [-0.25, -0.2) is 4.98 Å². The highest BCUT2D eigenvalue weighted by Gasteiger charge is 2.38. The van der Waals surface area contributed by atoms with Crippen molar-refractivity contribution in [3.8, 4) is 28.7 Å². The van der Waals surface area contributed by atoms with Crippen molar-refractivity contribution in [3.63, 3.8) is 0 Å². The van der Waals surface area contributed by atoms with Crippen LogP contribution in [0, 0.1) is 0 Å². The molecule has 0 fully saturated rings. The molecule has 3 heterocycles. The molecule has 0 amide bonds. The Morgan fingerprint density at radius 1 is 0.351 bits per heavy atom. The number of aromatic nitrogens is 4. The van der Waals surface area contributed by atoms with Gasteiger partial charge < -0.3 is 4.42 Å². The summed E-state index contributed by atoms with van der Waals surface area (Å²) in [7, 11) is 0. The van der Waals surface area contributed by atoms with Crippen molar-refractivity contribution in [3.05, 3.63) is 229 Å². The minimum absolute atomic E-state index is 0.556. The maximum absolute atomic E-state index is 6.19. The van der Waals surface area contributed by atoms with Crippen LogP contribution in [0.25, 0.3) is 72.5 Å². The summed E-state index contributed by atoms with van der Waals surface area (Å²) in [6.45, 7) is 0. The van der Waals surface area contributed by atoms with Gasteiger partial charge in [-0.1, -0.05) is 170 Å². The minimum atomic E-state index is -0.566. The molecule has 5 nitrogen and oxygen atoms in total. The molecule has 0 saturated heterocycles. The summed E-state index contributed by atoms with van der Waals surface area (Å²) in [4.78, 5) is 15.7. The van der Waals surface area contributed by atoms with E-state index in [1.165, 1.54) is 16.7 Å². The van der Waals surface area contributed by atoms with Crippen molar-refractivity contribution in [1.29, 1.82) is 0 Å². The number of hydrogen-bond acceptors (Lipinski definition) is 4. The molecule has 0 aliphatic carbocycles. The van der Waals surface area contributed by atoms with Crippen LogP contribution in [0.3, 0.4) is 0 Å². The zero-order chi connectivity index (χ0) is 37.8. The molecule has 0 radical (unpaired) electrons. The summed E-state index contributed by atoms with van der Waals surface area (Å²) >= 11 is 0. The molecule has 0 spiro atoms. The fraction of sp³-hybridized carbons (Fsp3) is 0.0192. The summed E-state index contributed by atoms with van der Waals surface area (Å²) in [6, 6.07) is 72.3. The van der Waals surface area contributed by atoms with Gasteiger partial charge in [0.1, 0.15) is 11.2 Å². The van der Waals surface area contributed by atoms with Gasteiger partial charge in [0.05, 0.1) is 16.4 Å². The SMILES string of the molecule is c1ccc(C(c2ccccc2)(c2ccccc2)c2ccc(-c3nc(-c4ccc5oc6ccccc6c5c4)nc(-n4c5ccccc5c5ccccc54)n3)cc2)cc1. The van der Waals surface area contributed by atoms with E-state index in [4.69, 9.17) is 19.4 Å². The van der Waals surface area contributed by atoms with Gasteiger partial charge in [-0.15, -0.1) is 0 Å². The van der Waals surface area contributed by atoms with E-state index in [9.17, 15) is 0 Å². The van der Waals surface area contributed by atoms with E-state index < -0.39 is 5.41 Å². The monoisotopic (exact) mass is 730 g/mol. The average molecular weight is 731 g/mol. The first-order chi connectivity index (χ1) is 28.3. The highest BCUT2D eigenvalue weighted by atomic mass is 16.3. The molecule has 0 saturated carbocycles. The predicted molar refractivity (Wildman–Crippen MR) is 231 cm³/mol. The van der Waals surface area contributed by atoms with Gasteiger partial charge in [0, 0.05) is 32.7 Å². The Bertz CT molecular complexity index is 3070. The van der Waals surface area contributed by atoms with E-state index in [0.29, 0.717) is 17.6 Å². The van der Waals surface area contributed by atoms with Gasteiger partial charge in [-0.3, -0.25) is 4.57 Å². The first kappa shape index (κ1) is 32.8. The molecule has 0 atom stereocenters. The molecule has 268 valence electrons. The molecule has 11 aromatic rings. The fourth-order valence-electron chi connectivity index (χ4n) is 8.66. The lowest BCUT2D eigenvalue weighted by Crippen LogP contribution is -2.30. The summed E-state index contributed by atoms with van der Waals surface area (Å²) in [5.41, 5.74) is 9.66. The number of hydrogen-bond donors (Lipinski definition) is 0. The van der Waals surface area contributed by atoms with Crippen LogP contribution in [0.1, 0.15) is 22.3 Å². The normalized spacial score (nSPS) is 11.9. The van der Waals surface area contributed by atoms with E-state index in [1.54, 1.807) is 0 Å². The Labute approximate surface area is 329 Å². The maximum Gasteiger partial charge on any atom is 0.238 e. The lowest BCUT2D eigenvalue weighted by atomic mass is 9.65. The molecule has 11 rings (SSSR count). The minimum Gasteiger partial charge on any atom is -0.456 e. The fourth-order valence-corrected chi connectivity index (χ4v) is 8.66. The van der Waals surface area contributed by atoms with Crippen molar-refractivity contribution < 1.29 is 4.42 Å². The van der Waals surface area contributed by atoms with Crippen LogP contribution in [-0.2, 0) is 5.41 Å². The van der Waals surface area contributed by atoms with E-state index >= 15 is 0 Å². The summed E-state index contributed by atoms with van der Waals surface area (Å²) in [5.74, 6) is 1.73. The Balaban J connectivity index is 1.13. The topological polar surface area (TPSA) is 56.7 Å². The standard InChI is InChI=1S/C52H34N4O/c1-4-16-37(17-5-1)52(38-18-6-2-7-19-38,39-20-8-3-9-21-39)40-31-28-35(29-32-40)49-53-50(36-30-33-48-44(34-36)43-24-12-15-27-47(43)57-48)55-51(54-49)56-45-25-13-10-22-41(45)42-23-11-14-26-46(42)56/h1-34H. The van der Waals surface area contributed by atoms with Gasteiger partial charge in [-0.2, -0.15) is 9.97 Å². The average Bonchev–Trinajstić information content (AvgIpc) is 3.83. The number of nitrogens with zero attached hydrogens (tertiary/aromatic N) is 4. The van der Waals surface area contributed by atoms with E-state index in [2.05, 4.69) is 180 Å². The van der Waals surface area contributed by atoms with Crippen LogP contribution in [-0.4, -0.2) is 19.5 Å². The molecular formula is C52H34N4O. The first-order valence-electron chi connectivity index (χ1n) is 19.2. The molecule has 57 heavy (non-hydrogen) atoms. The number of furan rings is 1. The highest BCUT2D eigenvalue weighted by Crippen LogP contribution is 2.45. The van der Waals surface area contributed by atoms with Crippen LogP contribution < -0.4 is 0 Å². The van der Waals surface area contributed by atoms with E-state index in [0.717, 1.165) is 60.4 Å².